The predicted octanol–water partition coefficient (Wildman–Crippen LogP) is 1.30. The van der Waals surface area contributed by atoms with E-state index in [4.69, 9.17) is 14.2 Å². The van der Waals surface area contributed by atoms with Gasteiger partial charge in [-0.25, -0.2) is 5.01 Å². The Hall–Kier alpha value is -4.45. The third kappa shape index (κ3) is 5.06. The van der Waals surface area contributed by atoms with Gasteiger partial charge in [0.05, 0.1) is 30.9 Å². The normalized spacial score (nSPS) is 16.9. The second kappa shape index (κ2) is 10.2. The number of hydrogen-bond donors (Lipinski definition) is 1. The van der Waals surface area contributed by atoms with Crippen molar-refractivity contribution in [1.29, 1.82) is 0 Å². The van der Waals surface area contributed by atoms with Crippen LogP contribution >= 0.6 is 0 Å². The molecule has 2 aliphatic rings. The molecule has 182 valence electrons. The van der Waals surface area contributed by atoms with E-state index >= 15 is 0 Å². The van der Waals surface area contributed by atoms with Crippen LogP contribution in [0.4, 0.5) is 11.4 Å². The van der Waals surface area contributed by atoms with E-state index in [0.717, 1.165) is 11.1 Å². The Morgan fingerprint density at radius 1 is 1.20 bits per heavy atom. The molecule has 2 aromatic rings. The van der Waals surface area contributed by atoms with Gasteiger partial charge in [0.2, 0.25) is 5.75 Å². The molecule has 2 aromatic carbocycles. The zero-order chi connectivity index (χ0) is 24.9. The van der Waals surface area contributed by atoms with E-state index in [9.17, 15) is 24.5 Å². The Balaban J connectivity index is 1.60. The van der Waals surface area contributed by atoms with Crippen LogP contribution in [0.5, 0.6) is 11.5 Å². The number of amides is 3. The Kier molecular flexibility index (Phi) is 6.92. The smallest absolute Gasteiger partial charge is 0.315 e. The van der Waals surface area contributed by atoms with Crippen LogP contribution < -0.4 is 19.9 Å². The molecule has 2 aliphatic heterocycles. The van der Waals surface area contributed by atoms with E-state index in [1.807, 2.05) is 0 Å². The van der Waals surface area contributed by atoms with Crippen molar-refractivity contribution in [2.75, 3.05) is 45.0 Å². The average molecular weight is 482 g/mol. The van der Waals surface area contributed by atoms with Gasteiger partial charge >= 0.3 is 5.69 Å². The summed E-state index contributed by atoms with van der Waals surface area (Å²) in [5, 5.41) is 12.9. The van der Waals surface area contributed by atoms with Gasteiger partial charge in [-0.15, -0.1) is 0 Å². The number of nitro benzene ring substituents is 1. The van der Waals surface area contributed by atoms with E-state index in [2.05, 4.69) is 5.43 Å². The largest absolute Gasteiger partial charge is 0.493 e. The van der Waals surface area contributed by atoms with Crippen molar-refractivity contribution in [2.24, 2.45) is 0 Å². The maximum Gasteiger partial charge on any atom is 0.315 e. The van der Waals surface area contributed by atoms with Crippen LogP contribution in [0.3, 0.4) is 0 Å². The van der Waals surface area contributed by atoms with Crippen molar-refractivity contribution < 1.29 is 33.5 Å². The summed E-state index contributed by atoms with van der Waals surface area (Å²) < 4.78 is 16.0. The number of nitrogens with zero attached hydrogens (tertiary/aromatic N) is 3. The average Bonchev–Trinajstić information content (AvgIpc) is 3.16. The van der Waals surface area contributed by atoms with Crippen LogP contribution in [0.2, 0.25) is 0 Å². The van der Waals surface area contributed by atoms with Gasteiger partial charge in [-0.1, -0.05) is 18.2 Å². The van der Waals surface area contributed by atoms with Gasteiger partial charge in [-0.2, -0.15) is 0 Å². The molecule has 0 aliphatic carbocycles. The lowest BCUT2D eigenvalue weighted by Gasteiger charge is -2.26. The van der Waals surface area contributed by atoms with Crippen LogP contribution in [0.15, 0.2) is 48.0 Å². The Morgan fingerprint density at radius 3 is 2.57 bits per heavy atom. The van der Waals surface area contributed by atoms with Gasteiger partial charge in [-0.3, -0.25) is 29.9 Å². The minimum absolute atomic E-state index is 0.0217. The topological polar surface area (TPSA) is 141 Å². The number of nitrogens with one attached hydrogen (secondary N) is 1. The minimum atomic E-state index is -0.689. The van der Waals surface area contributed by atoms with Gasteiger partial charge < -0.3 is 19.1 Å². The van der Waals surface area contributed by atoms with Crippen molar-refractivity contribution in [3.05, 3.63) is 63.7 Å². The lowest BCUT2D eigenvalue weighted by molar-refractivity contribution is -0.385. The highest BCUT2D eigenvalue weighted by molar-refractivity contribution is 6.31. The molecule has 1 N–H and O–H groups in total. The number of para-hydroxylation sites is 1. The maximum atomic E-state index is 12.8. The molecule has 0 radical (unpaired) electrons. The quantitative estimate of drug-likeness (QED) is 0.270. The number of hydrazine groups is 1. The molecule has 12 heteroatoms. The number of anilines is 1. The van der Waals surface area contributed by atoms with E-state index in [1.54, 1.807) is 35.2 Å². The van der Waals surface area contributed by atoms with Crippen molar-refractivity contribution in [3.63, 3.8) is 0 Å². The van der Waals surface area contributed by atoms with Gasteiger partial charge in [0.1, 0.15) is 5.57 Å². The predicted molar refractivity (Wildman–Crippen MR) is 123 cm³/mol. The highest BCUT2D eigenvalue weighted by atomic mass is 16.6. The van der Waals surface area contributed by atoms with Crippen molar-refractivity contribution >= 4 is 35.2 Å². The molecular formula is C23H22N4O8. The first-order valence-electron chi connectivity index (χ1n) is 10.7. The zero-order valence-electron chi connectivity index (χ0n) is 18.8. The van der Waals surface area contributed by atoms with Crippen molar-refractivity contribution in [2.45, 2.75) is 0 Å². The summed E-state index contributed by atoms with van der Waals surface area (Å²) in [5.41, 5.74) is 2.42. The summed E-state index contributed by atoms with van der Waals surface area (Å²) in [6, 6.07) is 11.0. The van der Waals surface area contributed by atoms with Crippen molar-refractivity contribution in [3.8, 4) is 11.5 Å². The first-order valence-corrected chi connectivity index (χ1v) is 10.7. The van der Waals surface area contributed by atoms with Crippen LogP contribution in [0, 0.1) is 10.1 Å². The fraction of sp³-hybridized carbons (Fsp3) is 0.261. The molecule has 0 aromatic heterocycles. The monoisotopic (exact) mass is 482 g/mol. The maximum absolute atomic E-state index is 12.8. The van der Waals surface area contributed by atoms with E-state index in [-0.39, 0.29) is 28.5 Å². The third-order valence-electron chi connectivity index (χ3n) is 5.39. The Bertz CT molecular complexity index is 1190. The van der Waals surface area contributed by atoms with Crippen molar-refractivity contribution in [1.82, 2.24) is 10.3 Å². The number of benzene rings is 2. The fourth-order valence-electron chi connectivity index (χ4n) is 3.64. The summed E-state index contributed by atoms with van der Waals surface area (Å²) in [6.45, 7) is 1.21. The molecule has 0 bridgehead atoms. The zero-order valence-corrected chi connectivity index (χ0v) is 18.8. The van der Waals surface area contributed by atoms with Gasteiger partial charge in [0, 0.05) is 19.2 Å². The number of ether oxygens (including phenoxy) is 3. The Labute approximate surface area is 199 Å². The number of carbonyl (C=O) groups is 3. The molecule has 12 nitrogen and oxygen atoms in total. The standard InChI is InChI=1S/C23H22N4O8/c1-33-19-13-15(11-17-22(29)24-26(23(17)30)16-5-3-2-4-6-16)12-18(27(31)32)21(19)35-14-20(28)25-7-9-34-10-8-25/h2-6,11-13H,7-10,14H2,1H3,(H,24,29). The molecular weight excluding hydrogens is 460 g/mol. The van der Waals surface area contributed by atoms with Crippen LogP contribution in [-0.2, 0) is 19.1 Å². The fourth-order valence-corrected chi connectivity index (χ4v) is 3.64. The second-order valence-corrected chi connectivity index (χ2v) is 7.59. The van der Waals surface area contributed by atoms with Gasteiger partial charge in [0.25, 0.3) is 17.7 Å². The van der Waals surface area contributed by atoms with E-state index in [0.29, 0.717) is 32.0 Å². The lowest BCUT2D eigenvalue weighted by Crippen LogP contribution is -2.43. The van der Waals surface area contributed by atoms with Crippen LogP contribution in [-0.4, -0.2) is 67.6 Å². The molecule has 4 rings (SSSR count). The summed E-state index contributed by atoms with van der Waals surface area (Å²) in [5.74, 6) is -1.86. The third-order valence-corrected chi connectivity index (χ3v) is 5.39. The van der Waals surface area contributed by atoms with Gasteiger partial charge in [0.15, 0.2) is 12.4 Å². The molecule has 0 atom stereocenters. The van der Waals surface area contributed by atoms with E-state index in [1.165, 1.54) is 19.3 Å². The van der Waals surface area contributed by atoms with E-state index < -0.39 is 29.0 Å². The number of nitro groups is 1. The van der Waals surface area contributed by atoms with Crippen LogP contribution in [0.1, 0.15) is 5.56 Å². The summed E-state index contributed by atoms with van der Waals surface area (Å²) in [4.78, 5) is 50.3. The second-order valence-electron chi connectivity index (χ2n) is 7.59. The molecule has 0 spiro atoms. The number of methoxy groups -OCH3 is 1. The first kappa shape index (κ1) is 23.7. The molecule has 2 fully saturated rings. The summed E-state index contributed by atoms with van der Waals surface area (Å²) in [6.07, 6.45) is 1.23. The molecule has 35 heavy (non-hydrogen) atoms. The lowest BCUT2D eigenvalue weighted by atomic mass is 10.1. The SMILES string of the molecule is COc1cc(C=C2C(=O)NN(c3ccccc3)C2=O)cc([N+](=O)[O-])c1OCC(=O)N1CCOCC1. The molecule has 2 heterocycles. The number of carbonyl (C=O) groups excluding carboxylic acids is 3. The highest BCUT2D eigenvalue weighted by Crippen LogP contribution is 2.39. The molecule has 3 amide bonds. The summed E-state index contributed by atoms with van der Waals surface area (Å²) in [7, 11) is 1.29. The molecule has 2 saturated heterocycles. The first-order chi connectivity index (χ1) is 16.9. The Morgan fingerprint density at radius 2 is 1.91 bits per heavy atom. The molecule has 0 saturated carbocycles. The van der Waals surface area contributed by atoms with Gasteiger partial charge in [-0.05, 0) is 29.8 Å². The highest BCUT2D eigenvalue weighted by Gasteiger charge is 2.35. The minimum Gasteiger partial charge on any atom is -0.493 e. The number of morpholine rings is 1. The summed E-state index contributed by atoms with van der Waals surface area (Å²) >= 11 is 0. The number of hydrogen-bond acceptors (Lipinski definition) is 8. The molecule has 0 unspecified atom stereocenters. The van der Waals surface area contributed by atoms with Crippen LogP contribution in [0.25, 0.3) is 6.08 Å². The number of rotatable bonds is 7.